The van der Waals surface area contributed by atoms with Crippen molar-refractivity contribution in [2.45, 2.75) is 29.7 Å². The van der Waals surface area contributed by atoms with Gasteiger partial charge in [0.2, 0.25) is 17.7 Å². The molecule has 13 heteroatoms. The molecule has 4 aromatic rings. The summed E-state index contributed by atoms with van der Waals surface area (Å²) >= 11 is 1.91. The monoisotopic (exact) mass is 602 g/mol. The van der Waals surface area contributed by atoms with Crippen molar-refractivity contribution in [1.29, 1.82) is 0 Å². The first-order valence-corrected chi connectivity index (χ1v) is 14.5. The third-order valence-electron chi connectivity index (χ3n) is 7.28. The van der Waals surface area contributed by atoms with Gasteiger partial charge in [0.1, 0.15) is 17.5 Å². The van der Waals surface area contributed by atoms with Gasteiger partial charge in [-0.3, -0.25) is 33.9 Å². The summed E-state index contributed by atoms with van der Waals surface area (Å²) in [5.41, 5.74) is 1.96. The van der Waals surface area contributed by atoms with E-state index in [9.17, 15) is 34.4 Å². The van der Waals surface area contributed by atoms with E-state index in [0.717, 1.165) is 33.6 Å². The molecule has 3 amide bonds. The number of aromatic nitrogens is 1. The molecule has 2 aliphatic heterocycles. The second-order valence-corrected chi connectivity index (χ2v) is 12.0. The molecule has 2 aliphatic rings. The van der Waals surface area contributed by atoms with Gasteiger partial charge in [0, 0.05) is 34.2 Å². The molecule has 3 aromatic carbocycles. The maximum atomic E-state index is 13.9. The average molecular weight is 603 g/mol. The summed E-state index contributed by atoms with van der Waals surface area (Å²) in [7, 11) is 0. The van der Waals surface area contributed by atoms with Crippen molar-refractivity contribution in [3.63, 3.8) is 0 Å². The number of benzene rings is 3. The van der Waals surface area contributed by atoms with Gasteiger partial charge in [-0.2, -0.15) is 0 Å². The summed E-state index contributed by atoms with van der Waals surface area (Å²) in [6, 6.07) is 18.7. The number of aryl methyl sites for hydroxylation is 1. The predicted octanol–water partition coefficient (Wildman–Crippen LogP) is 4.27. The Morgan fingerprint density at radius 1 is 1.00 bits per heavy atom. The number of imide groups is 1. The Labute approximate surface area is 246 Å². The second kappa shape index (κ2) is 10.6. The highest BCUT2D eigenvalue weighted by molar-refractivity contribution is 8.00. The van der Waals surface area contributed by atoms with Crippen LogP contribution in [0.25, 0.3) is 0 Å². The van der Waals surface area contributed by atoms with Crippen LogP contribution in [0.3, 0.4) is 0 Å². The van der Waals surface area contributed by atoms with Crippen LogP contribution in [-0.2, 0) is 20.9 Å². The van der Waals surface area contributed by atoms with Crippen LogP contribution in [0.2, 0.25) is 0 Å². The van der Waals surface area contributed by atoms with Crippen LogP contribution in [0.4, 0.5) is 17.1 Å². The summed E-state index contributed by atoms with van der Waals surface area (Å²) in [6.07, 6.45) is 0. The lowest BCUT2D eigenvalue weighted by Crippen LogP contribution is -2.33. The van der Waals surface area contributed by atoms with Crippen LogP contribution in [0.15, 0.2) is 82.6 Å². The molecule has 1 aromatic heterocycles. The lowest BCUT2D eigenvalue weighted by molar-refractivity contribution is -0.384. The van der Waals surface area contributed by atoms with Gasteiger partial charge in [-0.05, 0) is 37.3 Å². The van der Waals surface area contributed by atoms with Crippen molar-refractivity contribution in [3.8, 4) is 5.75 Å². The zero-order valence-electron chi connectivity index (χ0n) is 21.9. The van der Waals surface area contributed by atoms with Gasteiger partial charge in [0.15, 0.2) is 0 Å². The highest BCUT2D eigenvalue weighted by Crippen LogP contribution is 2.55. The van der Waals surface area contributed by atoms with Gasteiger partial charge in [-0.25, -0.2) is 4.90 Å². The lowest BCUT2D eigenvalue weighted by Gasteiger charge is -2.31. The summed E-state index contributed by atoms with van der Waals surface area (Å²) in [6.45, 7) is 1.61. The van der Waals surface area contributed by atoms with Crippen molar-refractivity contribution in [2.75, 3.05) is 10.2 Å². The van der Waals surface area contributed by atoms with E-state index in [0.29, 0.717) is 21.2 Å². The topological polar surface area (TPSA) is 152 Å². The number of aromatic hydroxyl groups is 1. The molecule has 0 aliphatic carbocycles. The maximum absolute atomic E-state index is 13.9. The lowest BCUT2D eigenvalue weighted by atomic mass is 9.82. The number of carbonyl (C=O) groups is 3. The zero-order valence-corrected chi connectivity index (χ0v) is 23.6. The van der Waals surface area contributed by atoms with E-state index in [1.54, 1.807) is 30.3 Å². The first-order chi connectivity index (χ1) is 20.1. The van der Waals surface area contributed by atoms with E-state index >= 15 is 0 Å². The molecule has 1 fully saturated rings. The molecule has 0 spiro atoms. The Balaban J connectivity index is 1.40. The zero-order chi connectivity index (χ0) is 29.7. The van der Waals surface area contributed by atoms with Gasteiger partial charge >= 0.3 is 4.87 Å². The van der Waals surface area contributed by atoms with E-state index in [1.165, 1.54) is 34.9 Å². The Hall–Kier alpha value is -4.75. The summed E-state index contributed by atoms with van der Waals surface area (Å²) < 4.78 is 1.30. The summed E-state index contributed by atoms with van der Waals surface area (Å²) in [4.78, 5) is 65.5. The molecule has 1 saturated heterocycles. The number of amides is 3. The van der Waals surface area contributed by atoms with E-state index < -0.39 is 44.6 Å². The molecule has 42 heavy (non-hydrogen) atoms. The predicted molar refractivity (Wildman–Crippen MR) is 157 cm³/mol. The highest BCUT2D eigenvalue weighted by Gasteiger charge is 2.57. The number of non-ortho nitro benzene ring substituents is 1. The number of nitrogens with one attached hydrogen (secondary N) is 1. The van der Waals surface area contributed by atoms with Crippen molar-refractivity contribution in [3.05, 3.63) is 109 Å². The number of hydrogen-bond acceptors (Lipinski definition) is 9. The van der Waals surface area contributed by atoms with Gasteiger partial charge < -0.3 is 10.4 Å². The minimum atomic E-state index is -0.967. The van der Waals surface area contributed by atoms with Crippen LogP contribution in [-0.4, -0.2) is 37.6 Å². The molecule has 6 rings (SSSR count). The number of nitro groups is 1. The third kappa shape index (κ3) is 4.65. The Bertz CT molecular complexity index is 1810. The molecule has 3 atom stereocenters. The molecule has 0 saturated carbocycles. The Kier molecular flexibility index (Phi) is 6.91. The molecule has 0 radical (unpaired) electrons. The Morgan fingerprint density at radius 2 is 1.69 bits per heavy atom. The van der Waals surface area contributed by atoms with Gasteiger partial charge in [-0.1, -0.05) is 59.0 Å². The fourth-order valence-corrected chi connectivity index (χ4v) is 8.06. The third-order valence-corrected chi connectivity index (χ3v) is 9.88. The fraction of sp³-hybridized carbons (Fsp3) is 0.172. The molecule has 3 heterocycles. The van der Waals surface area contributed by atoms with Gasteiger partial charge in [0.05, 0.1) is 21.6 Å². The second-order valence-electron chi connectivity index (χ2n) is 9.92. The molecule has 0 bridgehead atoms. The molecular formula is C29H22N4O7S2. The minimum Gasteiger partial charge on any atom is -0.508 e. The van der Waals surface area contributed by atoms with Crippen LogP contribution in [0.1, 0.15) is 21.9 Å². The number of rotatable bonds is 6. The number of phenolic OH excluding ortho intramolecular Hbond substituents is 1. The number of thioether (sulfide) groups is 1. The number of phenols is 1. The van der Waals surface area contributed by atoms with Crippen molar-refractivity contribution < 1.29 is 24.4 Å². The molecule has 2 N–H and O–H groups in total. The standard InChI is InChI=1S/C29H22N4O7S2/c1-15-6-8-16(9-7-15)30-21(35)14-31-28-25(42-29(31)38)22(19-4-2-3-5-20(19)34)23-24(41-28)27(37)32(26(23)36)17-10-12-18(13-11-17)33(39)40/h2-13,22-24,34H,14H2,1H3,(H,30,35)/t22-,23+,24-/m0/s1. The number of hydrogen-bond donors (Lipinski definition) is 2. The highest BCUT2D eigenvalue weighted by atomic mass is 32.2. The van der Waals surface area contributed by atoms with Gasteiger partial charge in [-0.15, -0.1) is 0 Å². The number of fused-ring (bicyclic) bond motifs is 2. The van der Waals surface area contributed by atoms with E-state index in [4.69, 9.17) is 0 Å². The minimum absolute atomic E-state index is 0.0994. The summed E-state index contributed by atoms with van der Waals surface area (Å²) in [5.74, 6) is -3.45. The number of carbonyl (C=O) groups excluding carboxylic acids is 3. The van der Waals surface area contributed by atoms with Gasteiger partial charge in [0.25, 0.3) is 5.69 Å². The number of anilines is 2. The molecule has 0 unspecified atom stereocenters. The number of nitro benzene ring substituents is 1. The number of thiazole rings is 1. The van der Waals surface area contributed by atoms with E-state index in [2.05, 4.69) is 5.32 Å². The van der Waals surface area contributed by atoms with Crippen molar-refractivity contribution in [2.24, 2.45) is 5.92 Å². The van der Waals surface area contributed by atoms with Crippen LogP contribution < -0.4 is 15.1 Å². The summed E-state index contributed by atoms with van der Waals surface area (Å²) in [5, 5.41) is 24.1. The molecule has 212 valence electrons. The molecule has 11 nitrogen and oxygen atoms in total. The quantitative estimate of drug-likeness (QED) is 0.189. The fourth-order valence-electron chi connectivity index (χ4n) is 5.30. The normalized spacial score (nSPS) is 19.4. The average Bonchev–Trinajstić information content (AvgIpc) is 3.41. The first kappa shape index (κ1) is 27.4. The van der Waals surface area contributed by atoms with E-state index in [-0.39, 0.29) is 23.7 Å². The largest absolute Gasteiger partial charge is 0.508 e. The van der Waals surface area contributed by atoms with Crippen molar-refractivity contribution in [1.82, 2.24) is 4.57 Å². The maximum Gasteiger partial charge on any atom is 0.308 e. The van der Waals surface area contributed by atoms with Crippen LogP contribution in [0.5, 0.6) is 5.75 Å². The number of nitrogens with zero attached hydrogens (tertiary/aromatic N) is 3. The Morgan fingerprint density at radius 3 is 2.36 bits per heavy atom. The smallest absolute Gasteiger partial charge is 0.308 e. The number of para-hydroxylation sites is 1. The van der Waals surface area contributed by atoms with Crippen LogP contribution >= 0.6 is 23.1 Å². The van der Waals surface area contributed by atoms with E-state index in [1.807, 2.05) is 19.1 Å². The first-order valence-electron chi connectivity index (χ1n) is 12.8. The van der Waals surface area contributed by atoms with Crippen LogP contribution in [0, 0.1) is 23.0 Å². The SMILES string of the molecule is Cc1ccc(NC(=O)Cn2c3c(sc2=O)[C@@H](c2ccccc2O)[C@H]2C(=O)N(c4ccc([N+](=O)[O-])cc4)C(=O)[C@H]2S3)cc1. The molecular weight excluding hydrogens is 580 g/mol. The van der Waals surface area contributed by atoms with Crippen molar-refractivity contribution >= 4 is 57.9 Å².